The molecular formula is C21H28N6O3. The molecule has 9 heteroatoms. The molecule has 2 aliphatic rings. The SMILES string of the molecule is CCCNC(=O)N1C[C@@H]2CN(C(=O)Cc3cccnc3)CC[C@]2(c2nnc(C)o2)C1. The van der Waals surface area contributed by atoms with Gasteiger partial charge in [-0.25, -0.2) is 4.79 Å². The molecule has 0 aliphatic carbocycles. The maximum atomic E-state index is 12.9. The van der Waals surface area contributed by atoms with Crippen molar-refractivity contribution in [2.24, 2.45) is 5.92 Å². The van der Waals surface area contributed by atoms with Crippen molar-refractivity contribution in [2.45, 2.75) is 38.5 Å². The summed E-state index contributed by atoms with van der Waals surface area (Å²) >= 11 is 0. The molecule has 3 amide bonds. The van der Waals surface area contributed by atoms with Crippen LogP contribution in [0.1, 0.15) is 37.1 Å². The summed E-state index contributed by atoms with van der Waals surface area (Å²) in [5, 5.41) is 11.3. The number of nitrogens with zero attached hydrogens (tertiary/aromatic N) is 5. The molecule has 4 rings (SSSR count). The van der Waals surface area contributed by atoms with Crippen molar-refractivity contribution in [3.8, 4) is 0 Å². The van der Waals surface area contributed by atoms with Crippen LogP contribution in [0.2, 0.25) is 0 Å². The fraction of sp³-hybridized carbons (Fsp3) is 0.571. The van der Waals surface area contributed by atoms with Crippen molar-refractivity contribution >= 4 is 11.9 Å². The zero-order chi connectivity index (χ0) is 21.1. The molecule has 2 saturated heterocycles. The average molecular weight is 412 g/mol. The molecule has 30 heavy (non-hydrogen) atoms. The first-order valence-electron chi connectivity index (χ1n) is 10.5. The predicted octanol–water partition coefficient (Wildman–Crippen LogP) is 1.54. The summed E-state index contributed by atoms with van der Waals surface area (Å²) in [6.45, 7) is 6.70. The fourth-order valence-electron chi connectivity index (χ4n) is 4.54. The summed E-state index contributed by atoms with van der Waals surface area (Å²) in [6.07, 6.45) is 5.33. The Labute approximate surface area is 175 Å². The first-order chi connectivity index (χ1) is 14.5. The number of fused-ring (bicyclic) bond motifs is 1. The zero-order valence-electron chi connectivity index (χ0n) is 17.5. The monoisotopic (exact) mass is 412 g/mol. The molecule has 9 nitrogen and oxygen atoms in total. The number of aryl methyl sites for hydroxylation is 1. The van der Waals surface area contributed by atoms with Crippen LogP contribution in [-0.4, -0.2) is 69.6 Å². The van der Waals surface area contributed by atoms with E-state index in [-0.39, 0.29) is 17.9 Å². The molecule has 0 aromatic carbocycles. The standard InChI is InChI=1S/C21H28N6O3/c1-3-7-23-20(29)27-13-17-12-26(18(28)10-16-5-4-8-22-11-16)9-6-21(17,14-27)19-25-24-15(2)30-19/h4-5,8,11,17H,3,6-7,9-10,12-14H2,1-2H3,(H,23,29)/t17-,21-/m0/s1. The Kier molecular flexibility index (Phi) is 5.69. The number of piperidine rings is 1. The van der Waals surface area contributed by atoms with Gasteiger partial charge in [-0.2, -0.15) is 0 Å². The number of likely N-dealkylation sites (tertiary alicyclic amines) is 2. The number of hydrogen-bond donors (Lipinski definition) is 1. The fourth-order valence-corrected chi connectivity index (χ4v) is 4.54. The highest BCUT2D eigenvalue weighted by Gasteiger charge is 2.55. The van der Waals surface area contributed by atoms with Gasteiger partial charge in [-0.1, -0.05) is 13.0 Å². The first-order valence-corrected chi connectivity index (χ1v) is 10.5. The third-order valence-electron chi connectivity index (χ3n) is 6.16. The van der Waals surface area contributed by atoms with E-state index in [2.05, 4.69) is 20.5 Å². The molecule has 1 N–H and O–H groups in total. The number of carbonyl (C=O) groups excluding carboxylic acids is 2. The molecule has 0 spiro atoms. The number of amides is 3. The number of aromatic nitrogens is 3. The van der Waals surface area contributed by atoms with Crippen LogP contribution in [0.5, 0.6) is 0 Å². The second-order valence-electron chi connectivity index (χ2n) is 8.22. The lowest BCUT2D eigenvalue weighted by Gasteiger charge is -2.41. The van der Waals surface area contributed by atoms with Gasteiger partial charge in [-0.15, -0.1) is 10.2 Å². The van der Waals surface area contributed by atoms with Crippen LogP contribution in [0, 0.1) is 12.8 Å². The largest absolute Gasteiger partial charge is 0.425 e. The van der Waals surface area contributed by atoms with Gasteiger partial charge < -0.3 is 19.5 Å². The molecule has 0 bridgehead atoms. The maximum Gasteiger partial charge on any atom is 0.317 e. The third kappa shape index (κ3) is 3.88. The number of rotatable bonds is 5. The van der Waals surface area contributed by atoms with Gasteiger partial charge in [0.15, 0.2) is 0 Å². The van der Waals surface area contributed by atoms with Crippen LogP contribution in [0.4, 0.5) is 4.79 Å². The van der Waals surface area contributed by atoms with E-state index >= 15 is 0 Å². The Morgan fingerprint density at radius 2 is 2.13 bits per heavy atom. The second kappa shape index (κ2) is 8.41. The number of carbonyl (C=O) groups is 2. The number of urea groups is 1. The highest BCUT2D eigenvalue weighted by atomic mass is 16.4. The van der Waals surface area contributed by atoms with Gasteiger partial charge in [0.2, 0.25) is 17.7 Å². The molecule has 2 aromatic rings. The van der Waals surface area contributed by atoms with Crippen LogP contribution in [0.3, 0.4) is 0 Å². The predicted molar refractivity (Wildman–Crippen MR) is 109 cm³/mol. The minimum atomic E-state index is -0.407. The van der Waals surface area contributed by atoms with Crippen LogP contribution in [-0.2, 0) is 16.6 Å². The van der Waals surface area contributed by atoms with Crippen molar-refractivity contribution in [1.82, 2.24) is 30.3 Å². The summed E-state index contributed by atoms with van der Waals surface area (Å²) < 4.78 is 5.84. The Bertz CT molecular complexity index is 901. The minimum Gasteiger partial charge on any atom is -0.425 e. The van der Waals surface area contributed by atoms with E-state index in [1.807, 2.05) is 28.9 Å². The van der Waals surface area contributed by atoms with E-state index in [1.165, 1.54) is 0 Å². The van der Waals surface area contributed by atoms with E-state index in [4.69, 9.17) is 4.42 Å². The Hall–Kier alpha value is -2.97. The highest BCUT2D eigenvalue weighted by molar-refractivity contribution is 5.79. The maximum absolute atomic E-state index is 12.9. The lowest BCUT2D eigenvalue weighted by atomic mass is 9.72. The van der Waals surface area contributed by atoms with Gasteiger partial charge in [-0.05, 0) is 24.5 Å². The lowest BCUT2D eigenvalue weighted by molar-refractivity contribution is -0.133. The van der Waals surface area contributed by atoms with Crippen molar-refractivity contribution in [3.63, 3.8) is 0 Å². The summed E-state index contributed by atoms with van der Waals surface area (Å²) in [7, 11) is 0. The average Bonchev–Trinajstić information content (AvgIpc) is 3.36. The molecule has 2 atom stereocenters. The molecule has 2 aromatic heterocycles. The summed E-state index contributed by atoms with van der Waals surface area (Å²) in [5.74, 6) is 1.22. The molecule has 4 heterocycles. The van der Waals surface area contributed by atoms with E-state index < -0.39 is 5.41 Å². The van der Waals surface area contributed by atoms with E-state index in [0.29, 0.717) is 57.3 Å². The number of pyridine rings is 1. The summed E-state index contributed by atoms with van der Waals surface area (Å²) in [4.78, 5) is 33.4. The van der Waals surface area contributed by atoms with Crippen molar-refractivity contribution in [2.75, 3.05) is 32.7 Å². The van der Waals surface area contributed by atoms with Gasteiger partial charge in [0.05, 0.1) is 11.8 Å². The molecule has 0 saturated carbocycles. The smallest absolute Gasteiger partial charge is 0.317 e. The molecule has 160 valence electrons. The topological polar surface area (TPSA) is 104 Å². The zero-order valence-corrected chi connectivity index (χ0v) is 17.5. The third-order valence-corrected chi connectivity index (χ3v) is 6.16. The van der Waals surface area contributed by atoms with Crippen LogP contribution in [0.15, 0.2) is 28.9 Å². The molecule has 0 unspecified atom stereocenters. The van der Waals surface area contributed by atoms with Gasteiger partial charge in [0, 0.05) is 58.0 Å². The van der Waals surface area contributed by atoms with E-state index in [9.17, 15) is 9.59 Å². The van der Waals surface area contributed by atoms with Crippen molar-refractivity contribution in [1.29, 1.82) is 0 Å². The van der Waals surface area contributed by atoms with Gasteiger partial charge in [0.25, 0.3) is 0 Å². The number of hydrogen-bond acceptors (Lipinski definition) is 6. The van der Waals surface area contributed by atoms with Crippen LogP contribution >= 0.6 is 0 Å². The van der Waals surface area contributed by atoms with Gasteiger partial charge in [0.1, 0.15) is 0 Å². The Balaban J connectivity index is 1.52. The van der Waals surface area contributed by atoms with Gasteiger partial charge in [-0.3, -0.25) is 9.78 Å². The normalized spacial score (nSPS) is 23.3. The molecular weight excluding hydrogens is 384 g/mol. The molecule has 2 aliphatic heterocycles. The highest BCUT2D eigenvalue weighted by Crippen LogP contribution is 2.44. The lowest BCUT2D eigenvalue weighted by Crippen LogP contribution is -2.51. The quantitative estimate of drug-likeness (QED) is 0.799. The Morgan fingerprint density at radius 3 is 2.83 bits per heavy atom. The van der Waals surface area contributed by atoms with Crippen molar-refractivity contribution < 1.29 is 14.0 Å². The van der Waals surface area contributed by atoms with Crippen molar-refractivity contribution in [3.05, 3.63) is 41.9 Å². The summed E-state index contributed by atoms with van der Waals surface area (Å²) in [6, 6.07) is 3.68. The minimum absolute atomic E-state index is 0.0522. The molecule has 2 fully saturated rings. The van der Waals surface area contributed by atoms with E-state index in [0.717, 1.165) is 12.0 Å². The first kappa shape index (κ1) is 20.3. The van der Waals surface area contributed by atoms with Crippen LogP contribution in [0.25, 0.3) is 0 Å². The van der Waals surface area contributed by atoms with E-state index in [1.54, 1.807) is 19.3 Å². The second-order valence-corrected chi connectivity index (χ2v) is 8.22. The Morgan fingerprint density at radius 1 is 1.30 bits per heavy atom. The summed E-state index contributed by atoms with van der Waals surface area (Å²) in [5.41, 5.74) is 0.495. The number of nitrogens with one attached hydrogen (secondary N) is 1. The van der Waals surface area contributed by atoms with Gasteiger partial charge >= 0.3 is 6.03 Å². The molecule has 0 radical (unpaired) electrons. The van der Waals surface area contributed by atoms with Crippen LogP contribution < -0.4 is 5.32 Å².